The van der Waals surface area contributed by atoms with E-state index >= 15 is 0 Å². The molecule has 1 unspecified atom stereocenters. The maximum Gasteiger partial charge on any atom is 0.355 e. The molecule has 154 valence electrons. The number of carbonyl (C=O) groups is 1. The average molecular weight is 390 g/mol. The van der Waals surface area contributed by atoms with Crippen molar-refractivity contribution in [2.45, 2.75) is 58.7 Å². The zero-order valence-corrected chi connectivity index (χ0v) is 17.3. The predicted octanol–water partition coefficient (Wildman–Crippen LogP) is 2.89. The van der Waals surface area contributed by atoms with Crippen LogP contribution < -0.4 is 5.32 Å². The van der Waals surface area contributed by atoms with Gasteiger partial charge in [0.15, 0.2) is 0 Å². The number of ether oxygens (including phenoxy) is 2. The molecule has 0 aromatic carbocycles. The first kappa shape index (κ1) is 20.5. The smallest absolute Gasteiger partial charge is 0.355 e. The Bertz CT molecular complexity index is 847. The van der Waals surface area contributed by atoms with E-state index in [1.807, 2.05) is 34.6 Å². The number of carbonyl (C=O) groups excluding carboxylic acids is 1. The number of rotatable bonds is 5. The van der Waals surface area contributed by atoms with Crippen LogP contribution in [0.15, 0.2) is 12.4 Å². The van der Waals surface area contributed by atoms with Gasteiger partial charge in [0.05, 0.1) is 17.6 Å². The molecule has 3 heterocycles. The van der Waals surface area contributed by atoms with E-state index in [0.717, 1.165) is 6.42 Å². The highest BCUT2D eigenvalue weighted by atomic mass is 16.6. The zero-order valence-electron chi connectivity index (χ0n) is 17.3. The molecule has 0 aliphatic carbocycles. The number of aromatic amines is 1. The van der Waals surface area contributed by atoms with Gasteiger partial charge >= 0.3 is 5.97 Å². The van der Waals surface area contributed by atoms with Gasteiger partial charge in [-0.15, -0.1) is 0 Å². The molecule has 28 heavy (non-hydrogen) atoms. The van der Waals surface area contributed by atoms with Gasteiger partial charge in [-0.1, -0.05) is 13.8 Å². The van der Waals surface area contributed by atoms with Gasteiger partial charge in [-0.3, -0.25) is 0 Å². The van der Waals surface area contributed by atoms with Crippen molar-refractivity contribution in [1.82, 2.24) is 15.0 Å². The van der Waals surface area contributed by atoms with Gasteiger partial charge in [0.25, 0.3) is 0 Å². The van der Waals surface area contributed by atoms with Crippen LogP contribution in [0.25, 0.3) is 11.0 Å². The van der Waals surface area contributed by atoms with Crippen LogP contribution in [0.5, 0.6) is 0 Å². The van der Waals surface area contributed by atoms with Crippen LogP contribution in [0.4, 0.5) is 5.82 Å². The number of H-pyrrole nitrogens is 1. The van der Waals surface area contributed by atoms with E-state index in [1.54, 1.807) is 6.07 Å². The van der Waals surface area contributed by atoms with Crippen LogP contribution in [0.1, 0.15) is 57.9 Å². The average Bonchev–Trinajstić information content (AvgIpc) is 3.04. The highest BCUT2D eigenvalue weighted by Gasteiger charge is 2.44. The van der Waals surface area contributed by atoms with Crippen molar-refractivity contribution < 1.29 is 19.4 Å². The van der Waals surface area contributed by atoms with Crippen LogP contribution in [-0.2, 0) is 9.47 Å². The maximum atomic E-state index is 12.3. The normalized spacial score (nSPS) is 20.9. The van der Waals surface area contributed by atoms with Crippen LogP contribution in [0.3, 0.4) is 0 Å². The van der Waals surface area contributed by atoms with Crippen molar-refractivity contribution in [3.8, 4) is 0 Å². The monoisotopic (exact) mass is 390 g/mol. The lowest BCUT2D eigenvalue weighted by atomic mass is 9.72. The third kappa shape index (κ3) is 4.28. The van der Waals surface area contributed by atoms with Crippen molar-refractivity contribution in [2.75, 3.05) is 25.1 Å². The number of fused-ring (bicyclic) bond motifs is 1. The summed E-state index contributed by atoms with van der Waals surface area (Å²) in [5, 5.41) is 15.0. The Kier molecular flexibility index (Phi) is 5.38. The molecule has 0 bridgehead atoms. The van der Waals surface area contributed by atoms with E-state index in [4.69, 9.17) is 9.47 Å². The van der Waals surface area contributed by atoms with Crippen LogP contribution >= 0.6 is 0 Å². The largest absolute Gasteiger partial charge is 0.455 e. The summed E-state index contributed by atoms with van der Waals surface area (Å²) in [6, 6.07) is 1.69. The fourth-order valence-corrected chi connectivity index (χ4v) is 3.31. The fraction of sp³-hybridized carbons (Fsp3) is 0.650. The summed E-state index contributed by atoms with van der Waals surface area (Å²) in [5.41, 5.74) is -1.04. The molecule has 0 radical (unpaired) electrons. The number of esters is 1. The van der Waals surface area contributed by atoms with E-state index in [2.05, 4.69) is 20.3 Å². The number of aliphatic hydroxyl groups is 1. The minimum atomic E-state index is -0.899. The quantitative estimate of drug-likeness (QED) is 0.674. The topological polar surface area (TPSA) is 109 Å². The minimum absolute atomic E-state index is 0.326. The van der Waals surface area contributed by atoms with E-state index in [1.165, 1.54) is 6.33 Å². The third-order valence-corrected chi connectivity index (χ3v) is 5.22. The first-order valence-corrected chi connectivity index (χ1v) is 9.62. The molecule has 3 N–H and O–H groups in total. The second-order valence-electron chi connectivity index (χ2n) is 9.09. The number of nitrogens with zero attached hydrogens (tertiary/aromatic N) is 2. The third-order valence-electron chi connectivity index (χ3n) is 5.22. The first-order chi connectivity index (χ1) is 13.0. The zero-order chi connectivity index (χ0) is 20.6. The van der Waals surface area contributed by atoms with Gasteiger partial charge in [0.1, 0.15) is 29.1 Å². The number of hydrogen-bond donors (Lipinski definition) is 3. The summed E-state index contributed by atoms with van der Waals surface area (Å²) in [4.78, 5) is 23.9. The summed E-state index contributed by atoms with van der Waals surface area (Å²) in [5.74, 6) is 0.162. The predicted molar refractivity (Wildman–Crippen MR) is 106 cm³/mol. The van der Waals surface area contributed by atoms with Crippen molar-refractivity contribution >= 4 is 22.8 Å². The summed E-state index contributed by atoms with van der Waals surface area (Å²) >= 11 is 0. The highest BCUT2D eigenvalue weighted by Crippen LogP contribution is 2.37. The van der Waals surface area contributed by atoms with E-state index in [0.29, 0.717) is 48.7 Å². The van der Waals surface area contributed by atoms with Crippen molar-refractivity contribution in [2.24, 2.45) is 5.41 Å². The first-order valence-electron chi connectivity index (χ1n) is 9.62. The van der Waals surface area contributed by atoms with Crippen molar-refractivity contribution in [3.05, 3.63) is 18.1 Å². The van der Waals surface area contributed by atoms with Gasteiger partial charge < -0.3 is 24.9 Å². The molecule has 2 aromatic heterocycles. The van der Waals surface area contributed by atoms with Crippen LogP contribution in [0.2, 0.25) is 0 Å². The van der Waals surface area contributed by atoms with Gasteiger partial charge in [0, 0.05) is 18.6 Å². The Balaban J connectivity index is 1.79. The molecule has 2 aromatic rings. The lowest BCUT2D eigenvalue weighted by Crippen LogP contribution is -2.53. The van der Waals surface area contributed by atoms with E-state index in [-0.39, 0.29) is 0 Å². The van der Waals surface area contributed by atoms with E-state index < -0.39 is 22.6 Å². The molecule has 0 saturated carbocycles. The molecule has 0 amide bonds. The Labute approximate surface area is 165 Å². The molecule has 3 rings (SSSR count). The molecule has 1 atom stereocenters. The number of aromatic nitrogens is 3. The van der Waals surface area contributed by atoms with Crippen LogP contribution in [0, 0.1) is 5.41 Å². The Morgan fingerprint density at radius 2 is 2.11 bits per heavy atom. The second kappa shape index (κ2) is 7.33. The fourth-order valence-electron chi connectivity index (χ4n) is 3.31. The molecular weight excluding hydrogens is 360 g/mol. The Morgan fingerprint density at radius 1 is 1.36 bits per heavy atom. The van der Waals surface area contributed by atoms with Gasteiger partial charge in [-0.2, -0.15) is 0 Å². The molecule has 1 fully saturated rings. The molecular formula is C20H30N4O4. The van der Waals surface area contributed by atoms with E-state index in [9.17, 15) is 9.90 Å². The van der Waals surface area contributed by atoms with Gasteiger partial charge in [-0.05, 0) is 39.7 Å². The van der Waals surface area contributed by atoms with Gasteiger partial charge in [-0.25, -0.2) is 14.8 Å². The van der Waals surface area contributed by atoms with Gasteiger partial charge in [0.2, 0.25) is 0 Å². The summed E-state index contributed by atoms with van der Waals surface area (Å²) < 4.78 is 10.9. The second-order valence-corrected chi connectivity index (χ2v) is 9.09. The number of nitrogens with one attached hydrogen (secondary N) is 2. The molecule has 8 nitrogen and oxygen atoms in total. The summed E-state index contributed by atoms with van der Waals surface area (Å²) in [6.45, 7) is 11.0. The SMILES string of the molecule is CC(C)(C)OC(=O)c1cc2c(NCC(C)(C)C3(O)CCCOC3)ncnc2[nH]1. The van der Waals surface area contributed by atoms with Crippen molar-refractivity contribution in [1.29, 1.82) is 0 Å². The molecule has 0 spiro atoms. The lowest BCUT2D eigenvalue weighted by Gasteiger charge is -2.45. The molecule has 1 aliphatic heterocycles. The highest BCUT2D eigenvalue weighted by molar-refractivity contribution is 5.97. The maximum absolute atomic E-state index is 12.3. The number of hydrogen-bond acceptors (Lipinski definition) is 7. The number of anilines is 1. The standard InChI is InChI=1S/C20H30N4O4/c1-18(2,3)28-17(25)14-9-13-15(22-12-23-16(13)24-14)21-10-19(4,5)20(26)7-6-8-27-11-20/h9,12,26H,6-8,10-11H2,1-5H3,(H2,21,22,23,24). The molecule has 1 saturated heterocycles. The van der Waals surface area contributed by atoms with Crippen LogP contribution in [-0.4, -0.2) is 57.0 Å². The Hall–Kier alpha value is -2.19. The summed E-state index contributed by atoms with van der Waals surface area (Å²) in [7, 11) is 0. The lowest BCUT2D eigenvalue weighted by molar-refractivity contribution is -0.146. The molecule has 8 heteroatoms. The summed E-state index contributed by atoms with van der Waals surface area (Å²) in [6.07, 6.45) is 2.98. The minimum Gasteiger partial charge on any atom is -0.455 e. The molecule has 1 aliphatic rings. The Morgan fingerprint density at radius 3 is 2.75 bits per heavy atom. The van der Waals surface area contributed by atoms with Crippen molar-refractivity contribution in [3.63, 3.8) is 0 Å².